The molecule has 0 unspecified atom stereocenters. The Morgan fingerprint density at radius 2 is 2.10 bits per heavy atom. The van der Waals surface area contributed by atoms with Crippen molar-refractivity contribution in [2.75, 3.05) is 17.7 Å². The summed E-state index contributed by atoms with van der Waals surface area (Å²) >= 11 is 5.92. The van der Waals surface area contributed by atoms with E-state index in [9.17, 15) is 4.39 Å². The Kier molecular flexibility index (Phi) is 4.51. The first-order valence-electron chi connectivity index (χ1n) is 6.23. The van der Waals surface area contributed by atoms with Gasteiger partial charge in [-0.15, -0.1) is 0 Å². The van der Waals surface area contributed by atoms with Crippen molar-refractivity contribution in [1.82, 2.24) is 0 Å². The van der Waals surface area contributed by atoms with Crippen molar-refractivity contribution in [3.63, 3.8) is 0 Å². The average Bonchev–Trinajstić information content (AvgIpc) is 2.44. The maximum absolute atomic E-state index is 13.7. The zero-order valence-corrected chi connectivity index (χ0v) is 12.0. The molecule has 0 heterocycles. The molecule has 0 fully saturated rings. The molecule has 2 aromatic carbocycles. The van der Waals surface area contributed by atoms with Crippen molar-refractivity contribution in [2.45, 2.75) is 6.92 Å². The Labute approximate surface area is 126 Å². The number of ether oxygens (including phenoxy) is 1. The van der Waals surface area contributed by atoms with Gasteiger partial charge in [0.2, 0.25) is 0 Å². The molecule has 21 heavy (non-hydrogen) atoms. The molecule has 0 saturated carbocycles. The molecule has 6 heteroatoms. The van der Waals surface area contributed by atoms with Crippen molar-refractivity contribution in [3.05, 3.63) is 46.7 Å². The predicted octanol–water partition coefficient (Wildman–Crippen LogP) is 4.08. The first-order valence-corrected chi connectivity index (χ1v) is 6.61. The van der Waals surface area contributed by atoms with Crippen LogP contribution in [0, 0.1) is 17.1 Å². The minimum Gasteiger partial charge on any atom is -0.491 e. The minimum atomic E-state index is -0.536. The summed E-state index contributed by atoms with van der Waals surface area (Å²) in [6.07, 6.45) is 0. The van der Waals surface area contributed by atoms with Gasteiger partial charge < -0.3 is 15.8 Å². The van der Waals surface area contributed by atoms with Crippen molar-refractivity contribution < 1.29 is 9.13 Å². The molecule has 0 bridgehead atoms. The van der Waals surface area contributed by atoms with E-state index in [2.05, 4.69) is 5.32 Å². The van der Waals surface area contributed by atoms with Crippen LogP contribution in [0.4, 0.5) is 21.5 Å². The number of nitriles is 1. The van der Waals surface area contributed by atoms with E-state index in [-0.39, 0.29) is 11.4 Å². The number of nitrogen functional groups attached to an aromatic ring is 1. The van der Waals surface area contributed by atoms with Gasteiger partial charge in [-0.1, -0.05) is 11.6 Å². The van der Waals surface area contributed by atoms with Gasteiger partial charge in [-0.2, -0.15) is 5.26 Å². The molecule has 2 aromatic rings. The van der Waals surface area contributed by atoms with E-state index < -0.39 is 5.82 Å². The van der Waals surface area contributed by atoms with Gasteiger partial charge in [0.15, 0.2) is 11.6 Å². The summed E-state index contributed by atoms with van der Waals surface area (Å²) in [5, 5.41) is 12.5. The van der Waals surface area contributed by atoms with Crippen LogP contribution in [0.5, 0.6) is 5.75 Å². The average molecular weight is 306 g/mol. The van der Waals surface area contributed by atoms with Crippen molar-refractivity contribution in [3.8, 4) is 11.8 Å². The fraction of sp³-hybridized carbons (Fsp3) is 0.133. The molecule has 0 aliphatic carbocycles. The molecule has 0 aromatic heterocycles. The topological polar surface area (TPSA) is 71.1 Å². The number of benzene rings is 2. The Morgan fingerprint density at radius 1 is 1.33 bits per heavy atom. The minimum absolute atomic E-state index is 0.0923. The van der Waals surface area contributed by atoms with Gasteiger partial charge in [0.25, 0.3) is 0 Å². The van der Waals surface area contributed by atoms with Crippen LogP contribution in [0.3, 0.4) is 0 Å². The molecule has 0 spiro atoms. The van der Waals surface area contributed by atoms with Gasteiger partial charge in [0.1, 0.15) is 6.07 Å². The fourth-order valence-electron chi connectivity index (χ4n) is 1.81. The lowest BCUT2D eigenvalue weighted by molar-refractivity contribution is 0.322. The second-order valence-electron chi connectivity index (χ2n) is 4.23. The highest BCUT2D eigenvalue weighted by atomic mass is 35.5. The van der Waals surface area contributed by atoms with E-state index in [0.29, 0.717) is 28.6 Å². The molecule has 0 amide bonds. The summed E-state index contributed by atoms with van der Waals surface area (Å²) in [6, 6.07) is 9.48. The van der Waals surface area contributed by atoms with Crippen LogP contribution in [-0.4, -0.2) is 6.61 Å². The molecule has 0 atom stereocenters. The number of nitrogens with one attached hydrogen (secondary N) is 1. The monoisotopic (exact) mass is 305 g/mol. The predicted molar refractivity (Wildman–Crippen MR) is 81.4 cm³/mol. The Bertz CT molecular complexity index is 713. The fourth-order valence-corrected chi connectivity index (χ4v) is 1.98. The highest BCUT2D eigenvalue weighted by Gasteiger charge is 2.11. The molecular formula is C15H13ClFN3O. The molecule has 3 N–H and O–H groups in total. The van der Waals surface area contributed by atoms with E-state index in [1.165, 1.54) is 12.1 Å². The zero-order chi connectivity index (χ0) is 15.4. The van der Waals surface area contributed by atoms with Crippen molar-refractivity contribution >= 4 is 28.7 Å². The number of nitrogens with zero attached hydrogens (tertiary/aromatic N) is 1. The summed E-state index contributed by atoms with van der Waals surface area (Å²) < 4.78 is 18.8. The summed E-state index contributed by atoms with van der Waals surface area (Å²) in [5.74, 6) is -0.443. The summed E-state index contributed by atoms with van der Waals surface area (Å²) in [7, 11) is 0. The quantitative estimate of drug-likeness (QED) is 0.835. The van der Waals surface area contributed by atoms with Crippen LogP contribution in [-0.2, 0) is 0 Å². The van der Waals surface area contributed by atoms with Crippen LogP contribution in [0.2, 0.25) is 5.02 Å². The van der Waals surface area contributed by atoms with Gasteiger partial charge in [-0.25, -0.2) is 4.39 Å². The van der Waals surface area contributed by atoms with Gasteiger partial charge in [-0.3, -0.25) is 0 Å². The highest BCUT2D eigenvalue weighted by Crippen LogP contribution is 2.32. The van der Waals surface area contributed by atoms with Gasteiger partial charge in [-0.05, 0) is 25.1 Å². The molecule has 2 rings (SSSR count). The van der Waals surface area contributed by atoms with E-state index in [1.807, 2.05) is 6.07 Å². The first kappa shape index (κ1) is 14.9. The van der Waals surface area contributed by atoms with E-state index in [4.69, 9.17) is 27.3 Å². The van der Waals surface area contributed by atoms with Crippen LogP contribution >= 0.6 is 11.6 Å². The smallest absolute Gasteiger partial charge is 0.167 e. The Morgan fingerprint density at radius 3 is 2.76 bits per heavy atom. The van der Waals surface area contributed by atoms with Gasteiger partial charge in [0.05, 0.1) is 29.2 Å². The lowest BCUT2D eigenvalue weighted by Gasteiger charge is -2.13. The van der Waals surface area contributed by atoms with E-state index >= 15 is 0 Å². The molecule has 0 aliphatic rings. The van der Waals surface area contributed by atoms with E-state index in [1.54, 1.807) is 25.1 Å². The normalized spacial score (nSPS) is 10.0. The zero-order valence-electron chi connectivity index (χ0n) is 11.3. The second-order valence-corrected chi connectivity index (χ2v) is 4.67. The first-order chi connectivity index (χ1) is 10.0. The maximum Gasteiger partial charge on any atom is 0.167 e. The number of rotatable bonds is 4. The summed E-state index contributed by atoms with van der Waals surface area (Å²) in [6.45, 7) is 2.09. The number of hydrogen-bond acceptors (Lipinski definition) is 4. The lowest BCUT2D eigenvalue weighted by Crippen LogP contribution is -2.02. The van der Waals surface area contributed by atoms with Crippen LogP contribution in [0.15, 0.2) is 30.3 Å². The largest absolute Gasteiger partial charge is 0.491 e. The summed E-state index contributed by atoms with van der Waals surface area (Å²) in [4.78, 5) is 0. The standard InChI is InChI=1S/C15H13ClFN3O/c1-2-21-15-7-14(12(19)6-11(15)17)20-13-5-10(16)4-3-9(13)8-18/h3-7,20H,2,19H2,1H3. The Hall–Kier alpha value is -2.45. The molecule has 0 radical (unpaired) electrons. The third-order valence-corrected chi connectivity index (χ3v) is 3.01. The maximum atomic E-state index is 13.7. The van der Waals surface area contributed by atoms with E-state index in [0.717, 1.165) is 0 Å². The Balaban J connectivity index is 2.42. The molecule has 0 aliphatic heterocycles. The second kappa shape index (κ2) is 6.33. The molecule has 0 saturated heterocycles. The number of nitrogens with two attached hydrogens (primary N) is 1. The number of anilines is 3. The highest BCUT2D eigenvalue weighted by molar-refractivity contribution is 6.30. The third-order valence-electron chi connectivity index (χ3n) is 2.78. The van der Waals surface area contributed by atoms with Crippen molar-refractivity contribution in [1.29, 1.82) is 5.26 Å². The summed E-state index contributed by atoms with van der Waals surface area (Å²) in [5.41, 5.74) is 7.34. The van der Waals surface area contributed by atoms with Gasteiger partial charge >= 0.3 is 0 Å². The molecular weight excluding hydrogens is 293 g/mol. The van der Waals surface area contributed by atoms with Crippen molar-refractivity contribution in [2.24, 2.45) is 0 Å². The SMILES string of the molecule is CCOc1cc(Nc2cc(Cl)ccc2C#N)c(N)cc1F. The molecule has 4 nitrogen and oxygen atoms in total. The van der Waals surface area contributed by atoms with Gasteiger partial charge in [0, 0.05) is 17.2 Å². The molecule has 108 valence electrons. The lowest BCUT2D eigenvalue weighted by atomic mass is 10.1. The van der Waals surface area contributed by atoms with Crippen LogP contribution in [0.1, 0.15) is 12.5 Å². The number of hydrogen-bond donors (Lipinski definition) is 2. The third kappa shape index (κ3) is 3.36. The van der Waals surface area contributed by atoms with Crippen LogP contribution < -0.4 is 15.8 Å². The number of halogens is 2. The van der Waals surface area contributed by atoms with Crippen LogP contribution in [0.25, 0.3) is 0 Å².